The van der Waals surface area contributed by atoms with E-state index < -0.39 is 23.3 Å². The second-order valence-electron chi connectivity index (χ2n) is 6.41. The van der Waals surface area contributed by atoms with Crippen molar-refractivity contribution in [3.63, 3.8) is 0 Å². The van der Waals surface area contributed by atoms with Crippen molar-refractivity contribution in [2.75, 3.05) is 37.1 Å². The van der Waals surface area contributed by atoms with Crippen LogP contribution in [0.4, 0.5) is 0 Å². The maximum atomic E-state index is 12.3. The number of thioether (sulfide) groups is 2. The zero-order valence-corrected chi connectivity index (χ0v) is 18.8. The zero-order valence-electron chi connectivity index (χ0n) is 17.1. The van der Waals surface area contributed by atoms with E-state index in [0.29, 0.717) is 29.7 Å². The van der Waals surface area contributed by atoms with Gasteiger partial charge in [-0.25, -0.2) is 9.59 Å². The average molecular weight is 451 g/mol. The molecule has 12 heteroatoms. The third kappa shape index (κ3) is 12.3. The second kappa shape index (κ2) is 14.9. The largest absolute Gasteiger partial charge is 0.363 e. The van der Waals surface area contributed by atoms with E-state index in [1.165, 1.54) is 23.5 Å². The topological polar surface area (TPSA) is 186 Å². The maximum Gasteiger partial charge on any atom is 0.363 e. The number of hydrogen-bond donors (Lipinski definition) is 5. The van der Waals surface area contributed by atoms with Crippen LogP contribution < -0.4 is 28.7 Å². The van der Waals surface area contributed by atoms with Gasteiger partial charge < -0.3 is 38.3 Å². The standard InChI is InChI=1S/C17H34N6O4S2/c1-28-12-8-16(19,20)14(24)26-23(11-7-5-3-4-6-10-18)27-15(25)17(21,22)9-13-29-2/h3-4,6,8-13,18-22H2,1-2H3. The zero-order chi connectivity index (χ0) is 22.3. The van der Waals surface area contributed by atoms with Gasteiger partial charge in [-0.15, -0.1) is 5.92 Å². The molecule has 0 amide bonds. The molecule has 0 aromatic carbocycles. The van der Waals surface area contributed by atoms with Gasteiger partial charge >= 0.3 is 11.9 Å². The Morgan fingerprint density at radius 1 is 0.897 bits per heavy atom. The van der Waals surface area contributed by atoms with Crippen molar-refractivity contribution in [2.45, 2.75) is 43.4 Å². The Balaban J connectivity index is 5.09. The Morgan fingerprint density at radius 2 is 1.38 bits per heavy atom. The fraction of sp³-hybridized carbons (Fsp3) is 0.765. The summed E-state index contributed by atoms with van der Waals surface area (Å²) in [5.74, 6) is 4.80. The first-order valence-corrected chi connectivity index (χ1v) is 11.9. The van der Waals surface area contributed by atoms with Gasteiger partial charge in [0, 0.05) is 11.6 Å². The minimum atomic E-state index is -1.75. The van der Waals surface area contributed by atoms with E-state index in [4.69, 9.17) is 38.3 Å². The van der Waals surface area contributed by atoms with Crippen LogP contribution in [0.5, 0.6) is 0 Å². The predicted octanol–water partition coefficient (Wildman–Crippen LogP) is -0.929. The summed E-state index contributed by atoms with van der Waals surface area (Å²) < 4.78 is 0. The molecular formula is C17H34N6O4S2. The van der Waals surface area contributed by atoms with E-state index >= 15 is 0 Å². The van der Waals surface area contributed by atoms with Crippen LogP contribution in [0.3, 0.4) is 0 Å². The number of nitrogens with two attached hydrogens (primary N) is 5. The van der Waals surface area contributed by atoms with Crippen LogP contribution in [-0.2, 0) is 19.3 Å². The molecule has 0 aliphatic rings. The summed E-state index contributed by atoms with van der Waals surface area (Å²) in [6.07, 6.45) is 6.33. The van der Waals surface area contributed by atoms with E-state index in [2.05, 4.69) is 11.8 Å². The van der Waals surface area contributed by atoms with Gasteiger partial charge in [0.05, 0.1) is 0 Å². The van der Waals surface area contributed by atoms with E-state index in [0.717, 1.165) is 12.8 Å². The molecule has 0 fully saturated rings. The smallest absolute Gasteiger partial charge is 0.330 e. The molecule has 29 heavy (non-hydrogen) atoms. The molecule has 0 aromatic rings. The number of hydrogen-bond acceptors (Lipinski definition) is 12. The molecule has 0 atom stereocenters. The van der Waals surface area contributed by atoms with Crippen LogP contribution in [-0.4, -0.2) is 65.6 Å². The minimum absolute atomic E-state index is 0.172. The first kappa shape index (κ1) is 28.0. The van der Waals surface area contributed by atoms with Crippen molar-refractivity contribution >= 4 is 35.5 Å². The molecule has 168 valence electrons. The Bertz CT molecular complexity index is 532. The van der Waals surface area contributed by atoms with Crippen LogP contribution in [0.25, 0.3) is 0 Å². The molecule has 0 saturated carbocycles. The third-order valence-electron chi connectivity index (χ3n) is 3.66. The molecule has 0 aliphatic carbocycles. The number of nitrogens with zero attached hydrogens (tertiary/aromatic N) is 1. The van der Waals surface area contributed by atoms with E-state index in [1.54, 1.807) is 0 Å². The number of unbranched alkanes of at least 4 members (excludes halogenated alkanes) is 2. The van der Waals surface area contributed by atoms with Gasteiger partial charge in [-0.2, -0.15) is 23.5 Å². The average Bonchev–Trinajstić information content (AvgIpc) is 2.67. The molecular weight excluding hydrogens is 416 g/mol. The van der Waals surface area contributed by atoms with Gasteiger partial charge in [0.25, 0.3) is 0 Å². The number of carbonyl (C=O) groups excluding carboxylic acids is 2. The molecule has 0 spiro atoms. The highest BCUT2D eigenvalue weighted by molar-refractivity contribution is 7.98. The fourth-order valence-corrected chi connectivity index (χ4v) is 2.83. The van der Waals surface area contributed by atoms with Crippen molar-refractivity contribution < 1.29 is 19.3 Å². The van der Waals surface area contributed by atoms with Crippen LogP contribution >= 0.6 is 23.5 Å². The highest BCUT2D eigenvalue weighted by Crippen LogP contribution is 2.11. The van der Waals surface area contributed by atoms with Crippen molar-refractivity contribution in [3.05, 3.63) is 0 Å². The minimum Gasteiger partial charge on any atom is -0.330 e. The van der Waals surface area contributed by atoms with Gasteiger partial charge in [0.15, 0.2) is 11.3 Å². The summed E-state index contributed by atoms with van der Waals surface area (Å²) in [5, 5.41) is 0.613. The third-order valence-corrected chi connectivity index (χ3v) is 4.88. The summed E-state index contributed by atoms with van der Waals surface area (Å²) in [4.78, 5) is 34.8. The van der Waals surface area contributed by atoms with E-state index in [1.807, 2.05) is 12.5 Å². The Hall–Kier alpha value is -1.04. The quantitative estimate of drug-likeness (QED) is 0.0948. The highest BCUT2D eigenvalue weighted by Gasteiger charge is 2.36. The fourth-order valence-electron chi connectivity index (χ4n) is 1.75. The molecule has 0 bridgehead atoms. The molecule has 10 N–H and O–H groups in total. The van der Waals surface area contributed by atoms with Gasteiger partial charge in [0.2, 0.25) is 0 Å². The molecule has 0 aliphatic heterocycles. The summed E-state index contributed by atoms with van der Waals surface area (Å²) in [6.45, 7) is 0.372. The summed E-state index contributed by atoms with van der Waals surface area (Å²) in [7, 11) is 0. The second-order valence-corrected chi connectivity index (χ2v) is 8.39. The summed E-state index contributed by atoms with van der Waals surface area (Å²) in [6, 6.07) is 0. The lowest BCUT2D eigenvalue weighted by molar-refractivity contribution is -0.324. The van der Waals surface area contributed by atoms with Crippen molar-refractivity contribution in [1.82, 2.24) is 5.23 Å². The normalized spacial score (nSPS) is 11.7. The lowest BCUT2D eigenvalue weighted by Crippen LogP contribution is -2.61. The molecule has 0 aromatic heterocycles. The van der Waals surface area contributed by atoms with Crippen LogP contribution in [0.15, 0.2) is 0 Å². The van der Waals surface area contributed by atoms with Crippen molar-refractivity contribution in [3.8, 4) is 11.8 Å². The Kier molecular flexibility index (Phi) is 14.3. The van der Waals surface area contributed by atoms with Crippen LogP contribution in [0.2, 0.25) is 0 Å². The maximum absolute atomic E-state index is 12.3. The summed E-state index contributed by atoms with van der Waals surface area (Å²) >= 11 is 2.95. The van der Waals surface area contributed by atoms with Crippen LogP contribution in [0.1, 0.15) is 32.1 Å². The van der Waals surface area contributed by atoms with Crippen molar-refractivity contribution in [1.29, 1.82) is 0 Å². The lowest BCUT2D eigenvalue weighted by atomic mass is 10.1. The number of carbonyl (C=O) groups is 2. The molecule has 0 saturated heterocycles. The molecule has 0 unspecified atom stereocenters. The Morgan fingerprint density at radius 3 is 1.79 bits per heavy atom. The molecule has 0 radical (unpaired) electrons. The first-order valence-electron chi connectivity index (χ1n) is 9.12. The molecule has 0 rings (SSSR count). The van der Waals surface area contributed by atoms with Crippen molar-refractivity contribution in [2.24, 2.45) is 28.7 Å². The lowest BCUT2D eigenvalue weighted by Gasteiger charge is -2.28. The van der Waals surface area contributed by atoms with E-state index in [-0.39, 0.29) is 19.4 Å². The number of rotatable bonds is 14. The predicted molar refractivity (Wildman–Crippen MR) is 118 cm³/mol. The van der Waals surface area contributed by atoms with Crippen LogP contribution in [0, 0.1) is 11.8 Å². The SMILES string of the molecule is CSCCC(N)(N)C(=O)ON(CC#CCCCCN)OC(=O)C(N)(N)CCSC. The Labute approximate surface area is 181 Å². The van der Waals surface area contributed by atoms with E-state index in [9.17, 15) is 9.59 Å². The van der Waals surface area contributed by atoms with Gasteiger partial charge in [-0.05, 0) is 56.2 Å². The molecule has 0 heterocycles. The molecule has 10 nitrogen and oxygen atoms in total. The number of hydroxylamine groups is 2. The summed E-state index contributed by atoms with van der Waals surface area (Å²) in [5.41, 5.74) is 25.2. The van der Waals surface area contributed by atoms with Gasteiger partial charge in [0.1, 0.15) is 6.54 Å². The highest BCUT2D eigenvalue weighted by atomic mass is 32.2. The van der Waals surface area contributed by atoms with Gasteiger partial charge in [-0.1, -0.05) is 5.92 Å². The first-order chi connectivity index (χ1) is 13.6. The van der Waals surface area contributed by atoms with Gasteiger partial charge in [-0.3, -0.25) is 0 Å². The monoisotopic (exact) mass is 450 g/mol.